The van der Waals surface area contributed by atoms with Crippen LogP contribution in [0.1, 0.15) is 11.1 Å². The molecule has 0 aliphatic rings. The Bertz CT molecular complexity index is 693. The van der Waals surface area contributed by atoms with Gasteiger partial charge < -0.3 is 34.9 Å². The van der Waals surface area contributed by atoms with Crippen molar-refractivity contribution < 1.29 is 18.9 Å². The lowest BCUT2D eigenvalue weighted by molar-refractivity contribution is 0.350. The molecule has 0 bridgehead atoms. The largest absolute Gasteiger partial charge is 0.493 e. The standard InChI is InChI=1S/C22H33N3O4.3ClH/c1-26-19-9-5-7-17(21(19)28-3)15-24-13-11-23-12-14-25-16-18-8-6-10-20(27-2)22(18)29-4;;;/h5-10,23-25H,11-16H2,1-4H3;3*1H. The van der Waals surface area contributed by atoms with Crippen LogP contribution in [0.3, 0.4) is 0 Å². The van der Waals surface area contributed by atoms with Crippen LogP contribution in [0.15, 0.2) is 36.4 Å². The Labute approximate surface area is 210 Å². The van der Waals surface area contributed by atoms with Gasteiger partial charge in [0.1, 0.15) is 0 Å². The van der Waals surface area contributed by atoms with Gasteiger partial charge in [0.2, 0.25) is 0 Å². The minimum Gasteiger partial charge on any atom is -0.493 e. The average molecular weight is 513 g/mol. The van der Waals surface area contributed by atoms with Crippen molar-refractivity contribution in [2.24, 2.45) is 0 Å². The van der Waals surface area contributed by atoms with E-state index in [-0.39, 0.29) is 37.2 Å². The van der Waals surface area contributed by atoms with E-state index < -0.39 is 0 Å². The summed E-state index contributed by atoms with van der Waals surface area (Å²) in [5, 5.41) is 10.3. The molecule has 10 heteroatoms. The molecule has 2 aromatic rings. The molecule has 0 unspecified atom stereocenters. The zero-order valence-corrected chi connectivity index (χ0v) is 21.5. The van der Waals surface area contributed by atoms with Crippen molar-refractivity contribution in [2.75, 3.05) is 54.6 Å². The molecule has 0 saturated carbocycles. The maximum Gasteiger partial charge on any atom is 0.165 e. The number of hydrogen-bond acceptors (Lipinski definition) is 7. The SMILES string of the molecule is COc1cccc(CNCCNCCNCc2cccc(OC)c2OC)c1OC.Cl.Cl.Cl. The van der Waals surface area contributed by atoms with Crippen LogP contribution < -0.4 is 34.9 Å². The summed E-state index contributed by atoms with van der Waals surface area (Å²) >= 11 is 0. The topological polar surface area (TPSA) is 73.0 Å². The van der Waals surface area contributed by atoms with E-state index in [1.165, 1.54) is 0 Å². The average Bonchev–Trinajstić information content (AvgIpc) is 2.77. The van der Waals surface area contributed by atoms with E-state index in [1.807, 2.05) is 36.4 Å². The smallest absolute Gasteiger partial charge is 0.165 e. The van der Waals surface area contributed by atoms with Gasteiger partial charge in [0.15, 0.2) is 23.0 Å². The van der Waals surface area contributed by atoms with E-state index in [0.717, 1.165) is 73.4 Å². The number of methoxy groups -OCH3 is 4. The quantitative estimate of drug-likeness (QED) is 0.335. The van der Waals surface area contributed by atoms with Gasteiger partial charge in [-0.3, -0.25) is 0 Å². The first-order valence-electron chi connectivity index (χ1n) is 9.77. The summed E-state index contributed by atoms with van der Waals surface area (Å²) in [4.78, 5) is 0. The predicted molar refractivity (Wildman–Crippen MR) is 137 cm³/mol. The number of nitrogens with one attached hydrogen (secondary N) is 3. The number of ether oxygens (including phenoxy) is 4. The van der Waals surface area contributed by atoms with Gasteiger partial charge in [-0.2, -0.15) is 0 Å². The van der Waals surface area contributed by atoms with Crippen LogP contribution in [0.25, 0.3) is 0 Å². The first kappa shape index (κ1) is 32.6. The van der Waals surface area contributed by atoms with Crippen molar-refractivity contribution in [1.82, 2.24) is 16.0 Å². The van der Waals surface area contributed by atoms with E-state index in [1.54, 1.807) is 28.4 Å². The van der Waals surface area contributed by atoms with E-state index in [0.29, 0.717) is 0 Å². The van der Waals surface area contributed by atoms with Crippen LogP contribution in [0.4, 0.5) is 0 Å². The van der Waals surface area contributed by atoms with Crippen LogP contribution in [0, 0.1) is 0 Å². The maximum atomic E-state index is 5.45. The second-order valence-corrected chi connectivity index (χ2v) is 6.41. The van der Waals surface area contributed by atoms with Gasteiger partial charge in [0.25, 0.3) is 0 Å². The fraction of sp³-hybridized carbons (Fsp3) is 0.455. The fourth-order valence-electron chi connectivity index (χ4n) is 3.11. The molecule has 7 nitrogen and oxygen atoms in total. The van der Waals surface area contributed by atoms with Gasteiger partial charge in [-0.1, -0.05) is 24.3 Å². The van der Waals surface area contributed by atoms with Gasteiger partial charge in [-0.15, -0.1) is 37.2 Å². The van der Waals surface area contributed by atoms with E-state index in [2.05, 4.69) is 16.0 Å². The van der Waals surface area contributed by atoms with Crippen LogP contribution in [0.5, 0.6) is 23.0 Å². The molecule has 0 atom stereocenters. The van der Waals surface area contributed by atoms with Crippen molar-refractivity contribution in [3.8, 4) is 23.0 Å². The van der Waals surface area contributed by atoms with Crippen molar-refractivity contribution in [3.05, 3.63) is 47.5 Å². The second kappa shape index (κ2) is 18.9. The van der Waals surface area contributed by atoms with Gasteiger partial charge in [0.05, 0.1) is 28.4 Å². The molecule has 0 fully saturated rings. The maximum absolute atomic E-state index is 5.45. The molecule has 2 rings (SSSR count). The van der Waals surface area contributed by atoms with Crippen LogP contribution >= 0.6 is 37.2 Å². The lowest BCUT2D eigenvalue weighted by Crippen LogP contribution is -2.32. The molecular weight excluding hydrogens is 477 g/mol. The molecule has 0 heterocycles. The molecule has 0 amide bonds. The Morgan fingerprint density at radius 2 is 0.906 bits per heavy atom. The predicted octanol–water partition coefficient (Wildman–Crippen LogP) is 3.46. The Kier molecular flexibility index (Phi) is 19.2. The minimum atomic E-state index is 0. The number of rotatable bonds is 14. The van der Waals surface area contributed by atoms with Crippen molar-refractivity contribution in [1.29, 1.82) is 0 Å². The monoisotopic (exact) mass is 511 g/mol. The number of benzene rings is 2. The Morgan fingerprint density at radius 1 is 0.531 bits per heavy atom. The highest BCUT2D eigenvalue weighted by molar-refractivity contribution is 5.86. The normalized spacial score (nSPS) is 9.62. The molecule has 0 aliphatic heterocycles. The fourth-order valence-corrected chi connectivity index (χ4v) is 3.11. The molecule has 3 N–H and O–H groups in total. The van der Waals surface area contributed by atoms with E-state index >= 15 is 0 Å². The molecule has 184 valence electrons. The van der Waals surface area contributed by atoms with Gasteiger partial charge in [0, 0.05) is 50.4 Å². The molecule has 2 aromatic carbocycles. The Balaban J connectivity index is 0. The zero-order valence-electron chi connectivity index (χ0n) is 19.1. The molecule has 32 heavy (non-hydrogen) atoms. The van der Waals surface area contributed by atoms with Crippen molar-refractivity contribution in [3.63, 3.8) is 0 Å². The summed E-state index contributed by atoms with van der Waals surface area (Å²) in [6.07, 6.45) is 0. The lowest BCUT2D eigenvalue weighted by atomic mass is 10.2. The van der Waals surface area contributed by atoms with Crippen molar-refractivity contribution in [2.45, 2.75) is 13.1 Å². The molecule has 0 aromatic heterocycles. The lowest BCUT2D eigenvalue weighted by Gasteiger charge is -2.14. The number of para-hydroxylation sites is 2. The highest BCUT2D eigenvalue weighted by atomic mass is 35.5. The summed E-state index contributed by atoms with van der Waals surface area (Å²) in [7, 11) is 6.63. The van der Waals surface area contributed by atoms with Crippen LogP contribution in [0.2, 0.25) is 0 Å². The van der Waals surface area contributed by atoms with Gasteiger partial charge >= 0.3 is 0 Å². The van der Waals surface area contributed by atoms with Gasteiger partial charge in [-0.05, 0) is 12.1 Å². The third-order valence-corrected chi connectivity index (χ3v) is 4.56. The number of hydrogen-bond donors (Lipinski definition) is 3. The summed E-state index contributed by atoms with van der Waals surface area (Å²) in [6.45, 7) is 4.97. The zero-order chi connectivity index (χ0) is 20.9. The first-order chi connectivity index (χ1) is 14.2. The first-order valence-corrected chi connectivity index (χ1v) is 9.77. The third kappa shape index (κ3) is 9.90. The summed E-state index contributed by atoms with van der Waals surface area (Å²) in [5.41, 5.74) is 2.17. The minimum absolute atomic E-state index is 0. The molecule has 0 spiro atoms. The summed E-state index contributed by atoms with van der Waals surface area (Å²) in [5.74, 6) is 3.08. The number of halogens is 3. The van der Waals surface area contributed by atoms with Gasteiger partial charge in [-0.25, -0.2) is 0 Å². The van der Waals surface area contributed by atoms with E-state index in [4.69, 9.17) is 18.9 Å². The van der Waals surface area contributed by atoms with Crippen molar-refractivity contribution >= 4 is 37.2 Å². The van der Waals surface area contributed by atoms with Crippen LogP contribution in [-0.4, -0.2) is 54.6 Å². The second-order valence-electron chi connectivity index (χ2n) is 6.41. The van der Waals surface area contributed by atoms with E-state index in [9.17, 15) is 0 Å². The third-order valence-electron chi connectivity index (χ3n) is 4.56. The highest BCUT2D eigenvalue weighted by Gasteiger charge is 2.09. The Hall–Kier alpha value is -1.61. The molecule has 0 aliphatic carbocycles. The summed E-state index contributed by atoms with van der Waals surface area (Å²) < 4.78 is 21.6. The van der Waals surface area contributed by atoms with Crippen LogP contribution in [-0.2, 0) is 13.1 Å². The molecular formula is C22H36Cl3N3O4. The summed E-state index contributed by atoms with van der Waals surface area (Å²) in [6, 6.07) is 11.8. The Morgan fingerprint density at radius 3 is 1.25 bits per heavy atom. The highest BCUT2D eigenvalue weighted by Crippen LogP contribution is 2.31. The molecule has 0 saturated heterocycles. The molecule has 0 radical (unpaired) electrons.